The Morgan fingerprint density at radius 2 is 2.04 bits per heavy atom. The SMILES string of the molecule is CC(C)Oc1ncc(C(=O)Nc2nc(-c3ccccc3)cs2)cc1Cl. The van der Waals surface area contributed by atoms with Gasteiger partial charge in [0.2, 0.25) is 5.88 Å². The number of carbonyl (C=O) groups is 1. The van der Waals surface area contributed by atoms with Gasteiger partial charge in [0, 0.05) is 17.1 Å². The van der Waals surface area contributed by atoms with Crippen molar-refractivity contribution >= 4 is 34.0 Å². The van der Waals surface area contributed by atoms with E-state index < -0.39 is 0 Å². The van der Waals surface area contributed by atoms with Crippen molar-refractivity contribution < 1.29 is 9.53 Å². The zero-order valence-electron chi connectivity index (χ0n) is 13.7. The van der Waals surface area contributed by atoms with Gasteiger partial charge in [0.15, 0.2) is 5.13 Å². The third-order valence-corrected chi connectivity index (χ3v) is 4.24. The van der Waals surface area contributed by atoms with Gasteiger partial charge in [0.1, 0.15) is 5.02 Å². The van der Waals surface area contributed by atoms with Crippen molar-refractivity contribution in [3.05, 3.63) is 58.6 Å². The maximum atomic E-state index is 12.4. The van der Waals surface area contributed by atoms with Crippen molar-refractivity contribution in [1.29, 1.82) is 0 Å². The summed E-state index contributed by atoms with van der Waals surface area (Å²) in [4.78, 5) is 20.9. The average molecular weight is 374 g/mol. The van der Waals surface area contributed by atoms with Crippen LogP contribution in [0.2, 0.25) is 5.02 Å². The Bertz CT molecular complexity index is 881. The molecule has 0 spiro atoms. The highest BCUT2D eigenvalue weighted by Crippen LogP contribution is 2.26. The fraction of sp³-hybridized carbons (Fsp3) is 0.167. The van der Waals surface area contributed by atoms with E-state index in [1.54, 1.807) is 0 Å². The Balaban J connectivity index is 1.72. The molecule has 1 aromatic carbocycles. The number of aromatic nitrogens is 2. The quantitative estimate of drug-likeness (QED) is 0.691. The van der Waals surface area contributed by atoms with E-state index >= 15 is 0 Å². The first-order valence-electron chi connectivity index (χ1n) is 7.67. The van der Waals surface area contributed by atoms with Crippen molar-refractivity contribution in [3.63, 3.8) is 0 Å². The number of ether oxygens (including phenoxy) is 1. The number of pyridine rings is 1. The zero-order valence-corrected chi connectivity index (χ0v) is 15.3. The average Bonchev–Trinajstić information content (AvgIpc) is 3.05. The summed E-state index contributed by atoms with van der Waals surface area (Å²) in [6.07, 6.45) is 1.39. The molecule has 128 valence electrons. The van der Waals surface area contributed by atoms with Crippen molar-refractivity contribution in [2.75, 3.05) is 5.32 Å². The van der Waals surface area contributed by atoms with Gasteiger partial charge in [-0.2, -0.15) is 0 Å². The van der Waals surface area contributed by atoms with E-state index in [-0.39, 0.29) is 12.0 Å². The zero-order chi connectivity index (χ0) is 17.8. The lowest BCUT2D eigenvalue weighted by atomic mass is 10.2. The summed E-state index contributed by atoms with van der Waals surface area (Å²) in [5, 5.41) is 5.48. The van der Waals surface area contributed by atoms with E-state index in [9.17, 15) is 4.79 Å². The Kier molecular flexibility index (Phi) is 5.31. The van der Waals surface area contributed by atoms with E-state index in [0.717, 1.165) is 11.3 Å². The van der Waals surface area contributed by atoms with Crippen LogP contribution in [0.4, 0.5) is 5.13 Å². The van der Waals surface area contributed by atoms with Gasteiger partial charge in [-0.05, 0) is 19.9 Å². The maximum Gasteiger partial charge on any atom is 0.259 e. The highest BCUT2D eigenvalue weighted by Gasteiger charge is 2.14. The van der Waals surface area contributed by atoms with Crippen LogP contribution >= 0.6 is 22.9 Å². The molecule has 0 bridgehead atoms. The predicted octanol–water partition coefficient (Wildman–Crippen LogP) is 4.90. The van der Waals surface area contributed by atoms with Crippen LogP contribution in [0.15, 0.2) is 48.0 Å². The van der Waals surface area contributed by atoms with Crippen LogP contribution in [0.1, 0.15) is 24.2 Å². The summed E-state index contributed by atoms with van der Waals surface area (Å²) < 4.78 is 5.47. The number of hydrogen-bond acceptors (Lipinski definition) is 5. The first-order chi connectivity index (χ1) is 12.0. The minimum atomic E-state index is -0.320. The Morgan fingerprint density at radius 1 is 1.28 bits per heavy atom. The monoisotopic (exact) mass is 373 g/mol. The van der Waals surface area contributed by atoms with Crippen molar-refractivity contribution in [1.82, 2.24) is 9.97 Å². The second kappa shape index (κ2) is 7.63. The molecule has 0 atom stereocenters. The minimum Gasteiger partial charge on any atom is -0.474 e. The number of nitrogens with one attached hydrogen (secondary N) is 1. The molecule has 25 heavy (non-hydrogen) atoms. The molecule has 5 nitrogen and oxygen atoms in total. The molecule has 0 aliphatic carbocycles. The van der Waals surface area contributed by atoms with Crippen LogP contribution in [0.25, 0.3) is 11.3 Å². The van der Waals surface area contributed by atoms with E-state index in [2.05, 4.69) is 15.3 Å². The van der Waals surface area contributed by atoms with Crippen LogP contribution < -0.4 is 10.1 Å². The first kappa shape index (κ1) is 17.4. The molecule has 0 saturated heterocycles. The maximum absolute atomic E-state index is 12.4. The molecule has 3 rings (SSSR count). The standard InChI is InChI=1S/C18H16ClN3O2S/c1-11(2)24-17-14(19)8-13(9-20-17)16(23)22-18-21-15(10-25-18)12-6-4-3-5-7-12/h3-11H,1-2H3,(H,21,22,23). The minimum absolute atomic E-state index is 0.0450. The summed E-state index contributed by atoms with van der Waals surface area (Å²) in [5.41, 5.74) is 2.16. The van der Waals surface area contributed by atoms with Crippen LogP contribution in [-0.2, 0) is 0 Å². The Morgan fingerprint density at radius 3 is 2.72 bits per heavy atom. The van der Waals surface area contributed by atoms with Crippen molar-refractivity contribution in [2.45, 2.75) is 20.0 Å². The number of benzene rings is 1. The summed E-state index contributed by atoms with van der Waals surface area (Å²) in [7, 11) is 0. The normalized spacial score (nSPS) is 10.7. The Labute approximate surface area is 154 Å². The van der Waals surface area contributed by atoms with Gasteiger partial charge in [0.25, 0.3) is 5.91 Å². The van der Waals surface area contributed by atoms with Gasteiger partial charge in [-0.1, -0.05) is 41.9 Å². The number of halogens is 1. The van der Waals surface area contributed by atoms with Crippen LogP contribution in [0, 0.1) is 0 Å². The lowest BCUT2D eigenvalue weighted by Crippen LogP contribution is -2.13. The number of rotatable bonds is 5. The van der Waals surface area contributed by atoms with E-state index in [1.807, 2.05) is 49.6 Å². The molecule has 2 aromatic heterocycles. The van der Waals surface area contributed by atoms with E-state index in [0.29, 0.717) is 21.6 Å². The number of anilines is 1. The third-order valence-electron chi connectivity index (χ3n) is 3.21. The number of carbonyl (C=O) groups excluding carboxylic acids is 1. The van der Waals surface area contributed by atoms with Gasteiger partial charge in [-0.3, -0.25) is 10.1 Å². The lowest BCUT2D eigenvalue weighted by Gasteiger charge is -2.10. The van der Waals surface area contributed by atoms with E-state index in [1.165, 1.54) is 23.6 Å². The van der Waals surface area contributed by atoms with Crippen LogP contribution in [0.5, 0.6) is 5.88 Å². The smallest absolute Gasteiger partial charge is 0.259 e. The molecule has 0 unspecified atom stereocenters. The predicted molar refractivity (Wildman–Crippen MR) is 101 cm³/mol. The van der Waals surface area contributed by atoms with Crippen LogP contribution in [0.3, 0.4) is 0 Å². The van der Waals surface area contributed by atoms with Gasteiger partial charge >= 0.3 is 0 Å². The van der Waals surface area contributed by atoms with Gasteiger partial charge in [-0.15, -0.1) is 11.3 Å². The number of amides is 1. The molecule has 1 N–H and O–H groups in total. The molecule has 1 amide bonds. The van der Waals surface area contributed by atoms with Crippen molar-refractivity contribution in [2.24, 2.45) is 0 Å². The van der Waals surface area contributed by atoms with E-state index in [4.69, 9.17) is 16.3 Å². The second-order valence-electron chi connectivity index (χ2n) is 5.54. The molecule has 3 aromatic rings. The molecular formula is C18H16ClN3O2S. The molecule has 0 aliphatic heterocycles. The number of nitrogens with zero attached hydrogens (tertiary/aromatic N) is 2. The molecular weight excluding hydrogens is 358 g/mol. The van der Waals surface area contributed by atoms with Gasteiger partial charge in [0.05, 0.1) is 17.4 Å². The largest absolute Gasteiger partial charge is 0.474 e. The summed E-state index contributed by atoms with van der Waals surface area (Å²) in [6, 6.07) is 11.3. The molecule has 7 heteroatoms. The number of thiazole rings is 1. The van der Waals surface area contributed by atoms with Crippen molar-refractivity contribution in [3.8, 4) is 17.1 Å². The molecule has 0 radical (unpaired) electrons. The summed E-state index contributed by atoms with van der Waals surface area (Å²) >= 11 is 7.49. The summed E-state index contributed by atoms with van der Waals surface area (Å²) in [5.74, 6) is -0.00622. The van der Waals surface area contributed by atoms with Gasteiger partial charge in [-0.25, -0.2) is 9.97 Å². The lowest BCUT2D eigenvalue weighted by molar-refractivity contribution is 0.102. The Hall–Kier alpha value is -2.44. The first-order valence-corrected chi connectivity index (χ1v) is 8.93. The third kappa shape index (κ3) is 4.35. The summed E-state index contributed by atoms with van der Waals surface area (Å²) in [6.45, 7) is 3.76. The molecule has 2 heterocycles. The fourth-order valence-electron chi connectivity index (χ4n) is 2.10. The number of hydrogen-bond donors (Lipinski definition) is 1. The fourth-order valence-corrected chi connectivity index (χ4v) is 3.03. The molecule has 0 saturated carbocycles. The van der Waals surface area contributed by atoms with Gasteiger partial charge < -0.3 is 4.74 Å². The highest BCUT2D eigenvalue weighted by atomic mass is 35.5. The topological polar surface area (TPSA) is 64.1 Å². The second-order valence-corrected chi connectivity index (χ2v) is 6.80. The molecule has 0 aliphatic rings. The van der Waals surface area contributed by atoms with Crippen LogP contribution in [-0.4, -0.2) is 22.0 Å². The molecule has 0 fully saturated rings. The highest BCUT2D eigenvalue weighted by molar-refractivity contribution is 7.14.